The average Bonchev–Trinajstić information content (AvgIpc) is 3.59. The fourth-order valence-corrected chi connectivity index (χ4v) is 8.71. The van der Waals surface area contributed by atoms with Gasteiger partial charge in [-0.05, 0) is 68.8 Å². The molecule has 5 aliphatic rings. The maximum atomic E-state index is 13.3. The molecule has 6 nitrogen and oxygen atoms in total. The summed E-state index contributed by atoms with van der Waals surface area (Å²) in [4.78, 5) is 1.98. The molecule has 2 fully saturated rings. The number of alkyl halides is 1. The number of likely N-dealkylation sites (tertiary alicyclic amines) is 1. The van der Waals surface area contributed by atoms with Crippen LogP contribution in [-0.4, -0.2) is 56.6 Å². The molecule has 190 valence electrons. The highest BCUT2D eigenvalue weighted by Crippen LogP contribution is 2.66. The Hall–Kier alpha value is -2.06. The van der Waals surface area contributed by atoms with E-state index in [4.69, 9.17) is 25.3 Å². The highest BCUT2D eigenvalue weighted by molar-refractivity contribution is 7.86. The van der Waals surface area contributed by atoms with Crippen molar-refractivity contribution < 1.29 is 22.1 Å². The van der Waals surface area contributed by atoms with Crippen molar-refractivity contribution in [2.24, 2.45) is 5.92 Å². The molecule has 8 heteroatoms. The van der Waals surface area contributed by atoms with Crippen LogP contribution >= 0.6 is 11.6 Å². The lowest BCUT2D eigenvalue weighted by Crippen LogP contribution is -2.73. The number of benzene rings is 2. The minimum atomic E-state index is -4.01. The predicted molar refractivity (Wildman–Crippen MR) is 136 cm³/mol. The van der Waals surface area contributed by atoms with Gasteiger partial charge in [0.25, 0.3) is 10.1 Å². The molecule has 7 rings (SSSR count). The van der Waals surface area contributed by atoms with E-state index in [2.05, 4.69) is 11.0 Å². The van der Waals surface area contributed by atoms with Crippen molar-refractivity contribution >= 4 is 21.7 Å². The van der Waals surface area contributed by atoms with Crippen LogP contribution in [0.2, 0.25) is 0 Å². The summed E-state index contributed by atoms with van der Waals surface area (Å²) in [7, 11) is -2.38. The first-order chi connectivity index (χ1) is 17.3. The average molecular weight is 528 g/mol. The Morgan fingerprint density at radius 2 is 1.94 bits per heavy atom. The second-order valence-electron chi connectivity index (χ2n) is 11.0. The van der Waals surface area contributed by atoms with Crippen molar-refractivity contribution in [3.8, 4) is 11.5 Å². The van der Waals surface area contributed by atoms with Crippen molar-refractivity contribution in [3.63, 3.8) is 0 Å². The van der Waals surface area contributed by atoms with E-state index in [0.717, 1.165) is 43.0 Å². The van der Waals surface area contributed by atoms with Gasteiger partial charge in [-0.2, -0.15) is 8.42 Å². The first kappa shape index (κ1) is 23.1. The van der Waals surface area contributed by atoms with Gasteiger partial charge in [0.1, 0.15) is 12.2 Å². The van der Waals surface area contributed by atoms with Crippen LogP contribution < -0.4 is 9.47 Å². The van der Waals surface area contributed by atoms with E-state index < -0.39 is 32.6 Å². The molecule has 2 heterocycles. The van der Waals surface area contributed by atoms with Crippen LogP contribution in [-0.2, 0) is 26.1 Å². The topological polar surface area (TPSA) is 65.1 Å². The molecule has 0 radical (unpaired) electrons. The van der Waals surface area contributed by atoms with Gasteiger partial charge >= 0.3 is 0 Å². The molecule has 0 amide bonds. The smallest absolute Gasteiger partial charge is 0.297 e. The number of aryl methyl sites for hydroxylation is 1. The lowest BCUT2D eigenvalue weighted by Gasteiger charge is -2.61. The Morgan fingerprint density at radius 1 is 1.17 bits per heavy atom. The summed E-state index contributed by atoms with van der Waals surface area (Å²) in [6.07, 6.45) is 6.64. The van der Waals surface area contributed by atoms with Crippen molar-refractivity contribution in [2.75, 3.05) is 20.2 Å². The van der Waals surface area contributed by atoms with Crippen LogP contribution in [0.4, 0.5) is 0 Å². The van der Waals surface area contributed by atoms with E-state index in [1.807, 2.05) is 25.1 Å². The third-order valence-corrected chi connectivity index (χ3v) is 11.0. The normalized spacial score (nSPS) is 34.2. The fraction of sp³-hybridized carbons (Fsp3) is 0.500. The van der Waals surface area contributed by atoms with Crippen LogP contribution in [0.15, 0.2) is 53.4 Å². The van der Waals surface area contributed by atoms with Crippen molar-refractivity contribution in [1.82, 2.24) is 4.90 Å². The van der Waals surface area contributed by atoms with E-state index in [0.29, 0.717) is 11.5 Å². The molecular formula is C28H30ClNO5S. The minimum absolute atomic E-state index is 0.109. The zero-order valence-electron chi connectivity index (χ0n) is 20.4. The Kier molecular flexibility index (Phi) is 4.96. The SMILES string of the molecule is COc1ccc2c3c1O[C@H]1[C@@H](OS(=O)(=O)c4ccc(C)cc4)C=C[C@@]4(Cl)[C@@H](C2)N(CC2CC2)CC[C@]314. The molecule has 36 heavy (non-hydrogen) atoms. The monoisotopic (exact) mass is 527 g/mol. The molecule has 1 spiro atoms. The number of ether oxygens (including phenoxy) is 2. The van der Waals surface area contributed by atoms with Crippen LogP contribution in [0, 0.1) is 12.8 Å². The first-order valence-corrected chi connectivity index (χ1v) is 14.5. The lowest BCUT2D eigenvalue weighted by molar-refractivity contribution is -0.0336. The number of rotatable bonds is 6. The Labute approximate surface area is 217 Å². The summed E-state index contributed by atoms with van der Waals surface area (Å²) in [5.41, 5.74) is 2.68. The second kappa shape index (κ2) is 7.73. The van der Waals surface area contributed by atoms with Gasteiger partial charge in [0, 0.05) is 18.2 Å². The van der Waals surface area contributed by atoms with Crippen LogP contribution in [0.3, 0.4) is 0 Å². The zero-order valence-corrected chi connectivity index (χ0v) is 22.0. The van der Waals surface area contributed by atoms with Gasteiger partial charge in [-0.15, -0.1) is 11.6 Å². The number of piperidine rings is 1. The van der Waals surface area contributed by atoms with Gasteiger partial charge in [-0.3, -0.25) is 9.08 Å². The van der Waals surface area contributed by atoms with Crippen molar-refractivity contribution in [3.05, 3.63) is 65.2 Å². The molecule has 2 aromatic rings. The van der Waals surface area contributed by atoms with Crippen molar-refractivity contribution in [1.29, 1.82) is 0 Å². The molecule has 2 aromatic carbocycles. The molecule has 0 aromatic heterocycles. The summed E-state index contributed by atoms with van der Waals surface area (Å²) in [6.45, 7) is 3.88. The summed E-state index contributed by atoms with van der Waals surface area (Å²) in [5, 5.41) is 0. The largest absolute Gasteiger partial charge is 0.493 e. The lowest BCUT2D eigenvalue weighted by atomic mass is 9.52. The molecule has 5 atom stereocenters. The van der Waals surface area contributed by atoms with E-state index in [9.17, 15) is 8.42 Å². The highest BCUT2D eigenvalue weighted by atomic mass is 35.5. The van der Waals surface area contributed by atoms with Crippen LogP contribution in [0.25, 0.3) is 0 Å². The standard InChI is InChI=1S/C28H30ClNO5S/c1-17-3-8-20(9-4-17)36(31,32)35-22-11-12-28(29)23-15-19-7-10-21(33-2)25-24(19)27(28,26(22)34-25)13-14-30(23)16-18-5-6-18/h3-4,7-12,18,22-23,26H,5-6,13-16H2,1-2H3/t22-,23+,26-,27-,28+/m0/s1. The first-order valence-electron chi connectivity index (χ1n) is 12.8. The molecule has 3 aliphatic carbocycles. The quantitative estimate of drug-likeness (QED) is 0.316. The molecule has 0 N–H and O–H groups in total. The molecule has 2 aliphatic heterocycles. The summed E-state index contributed by atoms with van der Waals surface area (Å²) >= 11 is 7.70. The Bertz CT molecular complexity index is 1370. The fourth-order valence-electron chi connectivity index (χ4n) is 7.09. The van der Waals surface area contributed by atoms with Gasteiger partial charge in [0.2, 0.25) is 0 Å². The van der Waals surface area contributed by atoms with Crippen molar-refractivity contribution in [2.45, 2.75) is 66.0 Å². The van der Waals surface area contributed by atoms with Crippen LogP contribution in [0.1, 0.15) is 36.0 Å². The maximum absolute atomic E-state index is 13.3. The summed E-state index contributed by atoms with van der Waals surface area (Å²) < 4.78 is 44.9. The van der Waals surface area contributed by atoms with Gasteiger partial charge in [0.15, 0.2) is 11.5 Å². The van der Waals surface area contributed by atoms with E-state index in [-0.39, 0.29) is 10.9 Å². The molecule has 0 unspecified atom stereocenters. The highest BCUT2D eigenvalue weighted by Gasteiger charge is 2.72. The van der Waals surface area contributed by atoms with Gasteiger partial charge in [-0.1, -0.05) is 35.9 Å². The van der Waals surface area contributed by atoms with Gasteiger partial charge in [-0.25, -0.2) is 0 Å². The molecule has 2 bridgehead atoms. The number of hydrogen-bond acceptors (Lipinski definition) is 6. The minimum Gasteiger partial charge on any atom is -0.493 e. The molecular weight excluding hydrogens is 498 g/mol. The Balaban J connectivity index is 1.35. The van der Waals surface area contributed by atoms with E-state index in [1.54, 1.807) is 31.4 Å². The molecule has 1 saturated carbocycles. The number of hydrogen-bond donors (Lipinski definition) is 0. The van der Waals surface area contributed by atoms with E-state index in [1.165, 1.54) is 18.4 Å². The second-order valence-corrected chi connectivity index (χ2v) is 13.2. The maximum Gasteiger partial charge on any atom is 0.297 e. The number of halogens is 1. The third-order valence-electron chi connectivity index (χ3n) is 8.98. The summed E-state index contributed by atoms with van der Waals surface area (Å²) in [6, 6.07) is 10.9. The van der Waals surface area contributed by atoms with Gasteiger partial charge in [0.05, 0.1) is 22.3 Å². The number of methoxy groups -OCH3 is 1. The van der Waals surface area contributed by atoms with Gasteiger partial charge < -0.3 is 9.47 Å². The Morgan fingerprint density at radius 3 is 2.67 bits per heavy atom. The van der Waals surface area contributed by atoms with Crippen LogP contribution in [0.5, 0.6) is 11.5 Å². The third kappa shape index (κ3) is 3.06. The summed E-state index contributed by atoms with van der Waals surface area (Å²) in [5.74, 6) is 2.09. The van der Waals surface area contributed by atoms with E-state index >= 15 is 0 Å². The number of nitrogens with zero attached hydrogens (tertiary/aromatic N) is 1. The predicted octanol–water partition coefficient (Wildman–Crippen LogP) is 4.36. The molecule has 1 saturated heterocycles. The zero-order chi connectivity index (χ0) is 24.9.